The van der Waals surface area contributed by atoms with Crippen molar-refractivity contribution in [3.8, 4) is 0 Å². The molecule has 1 heterocycles. The van der Waals surface area contributed by atoms with Gasteiger partial charge in [-0.25, -0.2) is 13.1 Å². The first kappa shape index (κ1) is 16.4. The van der Waals surface area contributed by atoms with Crippen molar-refractivity contribution in [3.05, 3.63) is 35.4 Å². The summed E-state index contributed by atoms with van der Waals surface area (Å²) >= 11 is 0. The van der Waals surface area contributed by atoms with Crippen molar-refractivity contribution in [3.63, 3.8) is 0 Å². The van der Waals surface area contributed by atoms with E-state index in [9.17, 15) is 8.42 Å². The molecule has 1 aromatic carbocycles. The number of nitrogens with one attached hydrogen (secondary N) is 1. The van der Waals surface area contributed by atoms with Crippen LogP contribution in [0.15, 0.2) is 24.3 Å². The molecule has 0 bridgehead atoms. The largest absolute Gasteiger partial charge is 0.379 e. The zero-order valence-electron chi connectivity index (χ0n) is 12.5. The Morgan fingerprint density at radius 1 is 1.24 bits per heavy atom. The molecule has 0 saturated carbocycles. The maximum absolute atomic E-state index is 12.1. The third-order valence-electron chi connectivity index (χ3n) is 3.68. The molecule has 0 unspecified atom stereocenters. The summed E-state index contributed by atoms with van der Waals surface area (Å²) in [4.78, 5) is 2.30. The number of benzene rings is 1. The molecule has 1 aliphatic rings. The predicted octanol–water partition coefficient (Wildman–Crippen LogP) is 1.14. The minimum Gasteiger partial charge on any atom is -0.379 e. The Bertz CT molecular complexity index is 540. The van der Waals surface area contributed by atoms with Crippen LogP contribution in [0.2, 0.25) is 0 Å². The predicted molar refractivity (Wildman–Crippen MR) is 83.7 cm³/mol. The fourth-order valence-corrected chi connectivity index (χ4v) is 3.67. The first-order chi connectivity index (χ1) is 10.1. The van der Waals surface area contributed by atoms with Gasteiger partial charge in [-0.2, -0.15) is 0 Å². The van der Waals surface area contributed by atoms with Crippen LogP contribution in [0.3, 0.4) is 0 Å². The van der Waals surface area contributed by atoms with E-state index >= 15 is 0 Å². The molecular formula is C15H24N2O3S. The average molecular weight is 312 g/mol. The summed E-state index contributed by atoms with van der Waals surface area (Å²) in [6.07, 6.45) is 0.826. The molecule has 2 rings (SSSR count). The molecule has 5 nitrogen and oxygen atoms in total. The van der Waals surface area contributed by atoms with Gasteiger partial charge in [0.05, 0.1) is 19.0 Å². The maximum Gasteiger partial charge on any atom is 0.215 e. The van der Waals surface area contributed by atoms with Gasteiger partial charge in [-0.1, -0.05) is 24.3 Å². The first-order valence-electron chi connectivity index (χ1n) is 7.39. The van der Waals surface area contributed by atoms with E-state index in [0.717, 1.165) is 50.4 Å². The van der Waals surface area contributed by atoms with E-state index in [1.807, 2.05) is 31.2 Å². The van der Waals surface area contributed by atoms with Crippen molar-refractivity contribution in [2.24, 2.45) is 0 Å². The second kappa shape index (κ2) is 7.89. The van der Waals surface area contributed by atoms with Crippen LogP contribution < -0.4 is 4.72 Å². The van der Waals surface area contributed by atoms with Crippen LogP contribution in [0.5, 0.6) is 0 Å². The molecular weight excluding hydrogens is 288 g/mol. The molecule has 0 aliphatic carbocycles. The summed E-state index contributed by atoms with van der Waals surface area (Å²) in [5.74, 6) is 0.0528. The summed E-state index contributed by atoms with van der Waals surface area (Å²) in [5, 5.41) is 0. The van der Waals surface area contributed by atoms with E-state index in [0.29, 0.717) is 6.54 Å². The second-order valence-electron chi connectivity index (χ2n) is 5.39. The molecule has 1 aliphatic heterocycles. The number of hydrogen-bond donors (Lipinski definition) is 1. The molecule has 0 spiro atoms. The third-order valence-corrected chi connectivity index (χ3v) is 5.02. The first-order valence-corrected chi connectivity index (χ1v) is 9.04. The minimum atomic E-state index is -3.25. The van der Waals surface area contributed by atoms with E-state index in [2.05, 4.69) is 9.62 Å². The number of hydrogen-bond acceptors (Lipinski definition) is 4. The molecule has 118 valence electrons. The average Bonchev–Trinajstić information content (AvgIpc) is 2.47. The highest BCUT2D eigenvalue weighted by Crippen LogP contribution is 2.10. The molecule has 1 fully saturated rings. The normalized spacial score (nSPS) is 17.0. The van der Waals surface area contributed by atoms with Crippen LogP contribution in [-0.2, 0) is 20.5 Å². The Morgan fingerprint density at radius 3 is 2.67 bits per heavy atom. The Balaban J connectivity index is 1.72. The number of rotatable bonds is 7. The van der Waals surface area contributed by atoms with Gasteiger partial charge in [0.1, 0.15) is 0 Å². The summed E-state index contributed by atoms with van der Waals surface area (Å²) in [6.45, 7) is 6.77. The topological polar surface area (TPSA) is 58.6 Å². The monoisotopic (exact) mass is 312 g/mol. The number of sulfonamides is 1. The molecule has 6 heteroatoms. The number of nitrogens with zero attached hydrogens (tertiary/aromatic N) is 1. The highest BCUT2D eigenvalue weighted by atomic mass is 32.2. The van der Waals surface area contributed by atoms with Crippen LogP contribution in [-0.4, -0.2) is 52.7 Å². The van der Waals surface area contributed by atoms with Crippen molar-refractivity contribution in [1.82, 2.24) is 9.62 Å². The lowest BCUT2D eigenvalue weighted by atomic mass is 10.1. The Morgan fingerprint density at radius 2 is 1.95 bits per heavy atom. The van der Waals surface area contributed by atoms with Gasteiger partial charge < -0.3 is 4.74 Å². The standard InChI is InChI=1S/C15H24N2O3S/c1-14-5-2-3-6-15(14)13-21(18,19)16-7-4-8-17-9-11-20-12-10-17/h2-3,5-6,16H,4,7-13H2,1H3. The van der Waals surface area contributed by atoms with Gasteiger partial charge in [-0.15, -0.1) is 0 Å². The van der Waals surface area contributed by atoms with Gasteiger partial charge >= 0.3 is 0 Å². The van der Waals surface area contributed by atoms with E-state index in [4.69, 9.17) is 4.74 Å². The molecule has 21 heavy (non-hydrogen) atoms. The molecule has 0 aromatic heterocycles. The molecule has 1 N–H and O–H groups in total. The SMILES string of the molecule is Cc1ccccc1CS(=O)(=O)NCCCN1CCOCC1. The Kier molecular flexibility index (Phi) is 6.17. The summed E-state index contributed by atoms with van der Waals surface area (Å²) < 4.78 is 32.1. The quantitative estimate of drug-likeness (QED) is 0.767. The van der Waals surface area contributed by atoms with Crippen molar-refractivity contribution < 1.29 is 13.2 Å². The van der Waals surface area contributed by atoms with Crippen molar-refractivity contribution in [2.45, 2.75) is 19.1 Å². The molecule has 1 aromatic rings. The fraction of sp³-hybridized carbons (Fsp3) is 0.600. The van der Waals surface area contributed by atoms with Crippen LogP contribution in [0, 0.1) is 6.92 Å². The summed E-state index contributed by atoms with van der Waals surface area (Å²) in [6, 6.07) is 7.59. The Hall–Kier alpha value is -0.950. The number of aryl methyl sites for hydroxylation is 1. The van der Waals surface area contributed by atoms with E-state index in [-0.39, 0.29) is 5.75 Å². The van der Waals surface area contributed by atoms with E-state index in [1.54, 1.807) is 0 Å². The second-order valence-corrected chi connectivity index (χ2v) is 7.19. The van der Waals surface area contributed by atoms with Gasteiger partial charge in [0.25, 0.3) is 0 Å². The minimum absolute atomic E-state index is 0.0528. The number of ether oxygens (including phenoxy) is 1. The smallest absolute Gasteiger partial charge is 0.215 e. The molecule has 0 radical (unpaired) electrons. The fourth-order valence-electron chi connectivity index (χ4n) is 2.38. The third kappa shape index (κ3) is 5.74. The highest BCUT2D eigenvalue weighted by Gasteiger charge is 2.13. The lowest BCUT2D eigenvalue weighted by Gasteiger charge is -2.26. The zero-order valence-corrected chi connectivity index (χ0v) is 13.4. The molecule has 1 saturated heterocycles. The zero-order chi connectivity index (χ0) is 15.1. The van der Waals surface area contributed by atoms with Crippen molar-refractivity contribution in [2.75, 3.05) is 39.4 Å². The van der Waals surface area contributed by atoms with Gasteiger partial charge in [0, 0.05) is 19.6 Å². The van der Waals surface area contributed by atoms with E-state index in [1.165, 1.54) is 0 Å². The van der Waals surface area contributed by atoms with Gasteiger partial charge in [0.2, 0.25) is 10.0 Å². The number of morpholine rings is 1. The van der Waals surface area contributed by atoms with Gasteiger partial charge in [0.15, 0.2) is 0 Å². The lowest BCUT2D eigenvalue weighted by molar-refractivity contribution is 0.0376. The molecule has 0 atom stereocenters. The summed E-state index contributed by atoms with van der Waals surface area (Å²) in [5.41, 5.74) is 1.87. The van der Waals surface area contributed by atoms with Gasteiger partial charge in [-0.05, 0) is 31.0 Å². The van der Waals surface area contributed by atoms with E-state index < -0.39 is 10.0 Å². The van der Waals surface area contributed by atoms with Crippen LogP contribution >= 0.6 is 0 Å². The van der Waals surface area contributed by atoms with Crippen molar-refractivity contribution in [1.29, 1.82) is 0 Å². The van der Waals surface area contributed by atoms with Crippen LogP contribution in [0.4, 0.5) is 0 Å². The van der Waals surface area contributed by atoms with Crippen LogP contribution in [0.25, 0.3) is 0 Å². The van der Waals surface area contributed by atoms with Crippen molar-refractivity contribution >= 4 is 10.0 Å². The van der Waals surface area contributed by atoms with Gasteiger partial charge in [-0.3, -0.25) is 4.90 Å². The molecule has 0 amide bonds. The van der Waals surface area contributed by atoms with Crippen LogP contribution in [0.1, 0.15) is 17.5 Å². The summed E-state index contributed by atoms with van der Waals surface area (Å²) in [7, 11) is -3.25. The lowest BCUT2D eigenvalue weighted by Crippen LogP contribution is -2.38. The maximum atomic E-state index is 12.1. The highest BCUT2D eigenvalue weighted by molar-refractivity contribution is 7.88. The Labute approximate surface area is 127 Å².